The molecule has 2 heterocycles. The molecule has 2 aromatic carbocycles. The average Bonchev–Trinajstić information content (AvgIpc) is 2.89. The van der Waals surface area contributed by atoms with Gasteiger partial charge in [0.1, 0.15) is 11.1 Å². The first kappa shape index (κ1) is 28.4. The molecular weight excluding hydrogens is 542 g/mol. The third kappa shape index (κ3) is 8.16. The highest BCUT2D eigenvalue weighted by atomic mass is 35.5. The molecule has 12 heteroatoms. The van der Waals surface area contributed by atoms with Gasteiger partial charge < -0.3 is 0 Å². The number of amides is 6. The number of nitrogens with one attached hydrogen (secondary N) is 4. The van der Waals surface area contributed by atoms with E-state index in [1.54, 1.807) is 60.7 Å². The van der Waals surface area contributed by atoms with E-state index < -0.39 is 29.7 Å². The van der Waals surface area contributed by atoms with E-state index in [4.69, 9.17) is 29.1 Å². The lowest BCUT2D eigenvalue weighted by atomic mass is 10.1. The van der Waals surface area contributed by atoms with Gasteiger partial charge in [0, 0.05) is 5.02 Å². The Morgan fingerprint density at radius 1 is 0.718 bits per heavy atom. The Morgan fingerprint density at radius 3 is 1.77 bits per heavy atom. The van der Waals surface area contributed by atoms with E-state index in [0.717, 1.165) is 11.1 Å². The SMILES string of the molecule is N#Cc1ccc(/C=C/C=C2C(=O)NC(=S)NC2=O)cc1.O=C1NC(=O)C(=C/C=C/c2ccccc2Cl)C(=O)N1. The first-order valence-electron chi connectivity index (χ1n) is 11.0. The molecule has 0 radical (unpaired) electrons. The van der Waals surface area contributed by atoms with Crippen molar-refractivity contribution in [1.29, 1.82) is 5.26 Å². The van der Waals surface area contributed by atoms with Crippen LogP contribution in [0.4, 0.5) is 4.79 Å². The molecule has 0 unspecified atom stereocenters. The normalized spacial score (nSPS) is 15.1. The van der Waals surface area contributed by atoms with Gasteiger partial charge in [0.2, 0.25) is 0 Å². The van der Waals surface area contributed by atoms with Gasteiger partial charge in [0.05, 0.1) is 11.6 Å². The molecule has 2 aliphatic rings. The molecule has 0 atom stereocenters. The molecule has 0 spiro atoms. The van der Waals surface area contributed by atoms with Crippen molar-refractivity contribution in [1.82, 2.24) is 21.3 Å². The van der Waals surface area contributed by atoms with Gasteiger partial charge in [0.25, 0.3) is 23.6 Å². The smallest absolute Gasteiger partial charge is 0.299 e. The predicted molar refractivity (Wildman–Crippen MR) is 147 cm³/mol. The second-order valence-corrected chi connectivity index (χ2v) is 8.42. The fourth-order valence-corrected chi connectivity index (χ4v) is 3.42. The monoisotopic (exact) mass is 559 g/mol. The van der Waals surface area contributed by atoms with E-state index in [-0.39, 0.29) is 16.3 Å². The molecule has 2 saturated heterocycles. The minimum atomic E-state index is -0.817. The van der Waals surface area contributed by atoms with E-state index in [9.17, 15) is 24.0 Å². The summed E-state index contributed by atoms with van der Waals surface area (Å²) < 4.78 is 0. The highest BCUT2D eigenvalue weighted by Crippen LogP contribution is 2.16. The van der Waals surface area contributed by atoms with Crippen molar-refractivity contribution in [3.63, 3.8) is 0 Å². The third-order valence-corrected chi connectivity index (χ3v) is 5.47. The number of hydrogen-bond donors (Lipinski definition) is 4. The van der Waals surface area contributed by atoms with Crippen molar-refractivity contribution >= 4 is 70.7 Å². The Labute approximate surface area is 232 Å². The zero-order chi connectivity index (χ0) is 28.4. The van der Waals surface area contributed by atoms with Gasteiger partial charge in [-0.1, -0.05) is 66.2 Å². The largest absolute Gasteiger partial charge is 0.328 e. The molecule has 39 heavy (non-hydrogen) atoms. The maximum Gasteiger partial charge on any atom is 0.328 e. The molecule has 2 aromatic rings. The summed E-state index contributed by atoms with van der Waals surface area (Å²) in [5, 5.41) is 17.9. The second-order valence-electron chi connectivity index (χ2n) is 7.61. The van der Waals surface area contributed by atoms with E-state index in [1.807, 2.05) is 22.8 Å². The summed E-state index contributed by atoms with van der Waals surface area (Å²) >= 11 is 10.6. The van der Waals surface area contributed by atoms with E-state index in [0.29, 0.717) is 10.6 Å². The highest BCUT2D eigenvalue weighted by molar-refractivity contribution is 7.80. The standard InChI is InChI=1S/C14H9N3O2S.C13H9ClN2O3/c15-8-10-6-4-9(5-7-10)2-1-3-11-12(18)16-14(20)17-13(11)19;14-10-7-2-1-4-8(10)5-3-6-9-11(17)15-13(19)16-12(9)18/h1-7H,(H2,16,17,18,19,20);1-7H,(H2,15,16,17,18,19)/b2-1+;5-3+. The van der Waals surface area contributed by atoms with Gasteiger partial charge in [-0.15, -0.1) is 0 Å². The zero-order valence-corrected chi connectivity index (χ0v) is 21.4. The van der Waals surface area contributed by atoms with Crippen LogP contribution in [0.15, 0.2) is 84.0 Å². The van der Waals surface area contributed by atoms with Crippen LogP contribution in [0, 0.1) is 11.3 Å². The Hall–Kier alpha value is -5.18. The van der Waals surface area contributed by atoms with Crippen LogP contribution >= 0.6 is 23.8 Å². The average molecular weight is 560 g/mol. The molecule has 0 saturated carbocycles. The molecule has 10 nitrogen and oxygen atoms in total. The minimum absolute atomic E-state index is 0.00761. The Morgan fingerprint density at radius 2 is 1.23 bits per heavy atom. The summed E-state index contributed by atoms with van der Waals surface area (Å²) in [6.07, 6.45) is 9.22. The molecule has 2 aliphatic heterocycles. The van der Waals surface area contributed by atoms with Crippen molar-refractivity contribution in [3.05, 3.63) is 106 Å². The summed E-state index contributed by atoms with van der Waals surface area (Å²) in [5.74, 6) is -2.50. The van der Waals surface area contributed by atoms with E-state index in [2.05, 4.69) is 10.6 Å². The summed E-state index contributed by atoms with van der Waals surface area (Å²) in [6, 6.07) is 15.2. The Bertz CT molecular complexity index is 1490. The molecule has 0 bridgehead atoms. The molecule has 4 N–H and O–H groups in total. The molecule has 194 valence electrons. The molecular formula is C27H18ClN5O5S. The number of hydrogen-bond acceptors (Lipinski definition) is 7. The van der Waals surface area contributed by atoms with Crippen LogP contribution < -0.4 is 21.3 Å². The molecule has 0 aliphatic carbocycles. The van der Waals surface area contributed by atoms with E-state index in [1.165, 1.54) is 18.2 Å². The van der Waals surface area contributed by atoms with Crippen molar-refractivity contribution in [2.45, 2.75) is 0 Å². The molecule has 6 amide bonds. The lowest BCUT2D eigenvalue weighted by Gasteiger charge is -2.15. The first-order valence-corrected chi connectivity index (χ1v) is 11.8. The lowest BCUT2D eigenvalue weighted by molar-refractivity contribution is -0.125. The van der Waals surface area contributed by atoms with Crippen LogP contribution in [0.25, 0.3) is 12.2 Å². The number of allylic oxidation sites excluding steroid dienone is 4. The number of nitriles is 1. The number of carbonyl (C=O) groups is 5. The van der Waals surface area contributed by atoms with Crippen LogP contribution in [0.2, 0.25) is 5.02 Å². The number of thiocarbonyl (C=S) groups is 1. The molecule has 4 rings (SSSR count). The van der Waals surface area contributed by atoms with Crippen LogP contribution in [-0.4, -0.2) is 34.8 Å². The number of nitrogens with zero attached hydrogens (tertiary/aromatic N) is 1. The van der Waals surface area contributed by atoms with Crippen molar-refractivity contribution < 1.29 is 24.0 Å². The molecule has 0 aromatic heterocycles. The highest BCUT2D eigenvalue weighted by Gasteiger charge is 2.27. The Balaban J connectivity index is 0.000000216. The predicted octanol–water partition coefficient (Wildman–Crippen LogP) is 2.67. The van der Waals surface area contributed by atoms with Gasteiger partial charge in [-0.05, 0) is 53.7 Å². The first-order chi connectivity index (χ1) is 18.7. The maximum absolute atomic E-state index is 11.5. The zero-order valence-electron chi connectivity index (χ0n) is 19.9. The van der Waals surface area contributed by atoms with Crippen molar-refractivity contribution in [2.24, 2.45) is 0 Å². The lowest BCUT2D eigenvalue weighted by Crippen LogP contribution is -2.51. The van der Waals surface area contributed by atoms with Crippen LogP contribution in [0.5, 0.6) is 0 Å². The fraction of sp³-hybridized carbons (Fsp3) is 0. The number of rotatable bonds is 4. The number of barbiturate groups is 1. The number of halogens is 1. The van der Waals surface area contributed by atoms with Crippen molar-refractivity contribution in [2.75, 3.05) is 0 Å². The number of benzene rings is 2. The second kappa shape index (κ2) is 13.4. The van der Waals surface area contributed by atoms with Gasteiger partial charge in [0.15, 0.2) is 5.11 Å². The summed E-state index contributed by atoms with van der Waals surface area (Å²) in [4.78, 5) is 56.7. The van der Waals surface area contributed by atoms with E-state index >= 15 is 0 Å². The Kier molecular flexibility index (Phi) is 9.75. The third-order valence-electron chi connectivity index (χ3n) is 4.92. The summed E-state index contributed by atoms with van der Waals surface area (Å²) in [5.41, 5.74) is 2.04. The summed E-state index contributed by atoms with van der Waals surface area (Å²) in [7, 11) is 0. The van der Waals surface area contributed by atoms with Gasteiger partial charge in [-0.25, -0.2) is 4.79 Å². The fourth-order valence-electron chi connectivity index (χ4n) is 3.04. The topological polar surface area (TPSA) is 157 Å². The van der Waals surface area contributed by atoms with Gasteiger partial charge in [-0.3, -0.25) is 40.4 Å². The minimum Gasteiger partial charge on any atom is -0.299 e. The number of carbonyl (C=O) groups excluding carboxylic acids is 5. The number of imide groups is 2. The van der Waals surface area contributed by atoms with Crippen molar-refractivity contribution in [3.8, 4) is 6.07 Å². The quantitative estimate of drug-likeness (QED) is 0.255. The van der Waals surface area contributed by atoms with Gasteiger partial charge in [-0.2, -0.15) is 5.26 Å². The van der Waals surface area contributed by atoms with Crippen LogP contribution in [0.3, 0.4) is 0 Å². The van der Waals surface area contributed by atoms with Crippen LogP contribution in [-0.2, 0) is 19.2 Å². The van der Waals surface area contributed by atoms with Gasteiger partial charge >= 0.3 is 6.03 Å². The molecule has 2 fully saturated rings. The number of urea groups is 1. The van der Waals surface area contributed by atoms with Crippen LogP contribution in [0.1, 0.15) is 16.7 Å². The summed E-state index contributed by atoms with van der Waals surface area (Å²) in [6.45, 7) is 0. The maximum atomic E-state index is 11.5.